The Kier molecular flexibility index (Phi) is 5.11. The van der Waals surface area contributed by atoms with Gasteiger partial charge in [0.2, 0.25) is 0 Å². The second kappa shape index (κ2) is 6.38. The number of carboxylic acids is 1. The first-order valence-corrected chi connectivity index (χ1v) is 5.78. The van der Waals surface area contributed by atoms with E-state index in [0.717, 1.165) is 0 Å². The van der Waals surface area contributed by atoms with Crippen molar-refractivity contribution in [3.63, 3.8) is 0 Å². The molecule has 0 amide bonds. The number of carbonyl (C=O) groups is 1. The zero-order chi connectivity index (χ0) is 14.6. The molecule has 106 valence electrons. The van der Waals surface area contributed by atoms with Gasteiger partial charge in [-0.1, -0.05) is 0 Å². The molecule has 0 aliphatic carbocycles. The normalized spacial score (nSPS) is 13.7. The summed E-state index contributed by atoms with van der Waals surface area (Å²) in [5.41, 5.74) is 6.41. The lowest BCUT2D eigenvalue weighted by Crippen LogP contribution is -2.32. The van der Waals surface area contributed by atoms with Gasteiger partial charge in [-0.2, -0.15) is 0 Å². The molecular weight excluding hydrogens is 253 g/mol. The van der Waals surface area contributed by atoms with Crippen LogP contribution in [0.2, 0.25) is 0 Å². The number of hydrogen-bond acceptors (Lipinski definition) is 4. The van der Waals surface area contributed by atoms with Gasteiger partial charge < -0.3 is 20.3 Å². The minimum Gasteiger partial charge on any atom is -0.496 e. The summed E-state index contributed by atoms with van der Waals surface area (Å²) in [6, 6.07) is 2.02. The number of aliphatic carboxylic acids is 1. The second-order valence-electron chi connectivity index (χ2n) is 4.17. The van der Waals surface area contributed by atoms with Gasteiger partial charge in [0.1, 0.15) is 23.7 Å². The highest BCUT2D eigenvalue weighted by atomic mass is 19.1. The van der Waals surface area contributed by atoms with Crippen LogP contribution in [0.4, 0.5) is 4.39 Å². The van der Waals surface area contributed by atoms with E-state index in [1.54, 1.807) is 6.07 Å². The van der Waals surface area contributed by atoms with E-state index in [-0.39, 0.29) is 6.42 Å². The Bertz CT molecular complexity index is 462. The predicted molar refractivity (Wildman–Crippen MR) is 68.4 cm³/mol. The average molecular weight is 271 g/mol. The first-order chi connectivity index (χ1) is 8.90. The number of methoxy groups -OCH3 is 2. The minimum absolute atomic E-state index is 0.0792. The van der Waals surface area contributed by atoms with Crippen LogP contribution in [0.25, 0.3) is 0 Å². The fourth-order valence-electron chi connectivity index (χ4n) is 1.78. The van der Waals surface area contributed by atoms with Gasteiger partial charge in [-0.15, -0.1) is 0 Å². The van der Waals surface area contributed by atoms with Gasteiger partial charge >= 0.3 is 5.97 Å². The molecule has 5 nitrogen and oxygen atoms in total. The van der Waals surface area contributed by atoms with E-state index in [0.29, 0.717) is 22.6 Å². The van der Waals surface area contributed by atoms with Gasteiger partial charge in [-0.25, -0.2) is 4.39 Å². The van der Waals surface area contributed by atoms with Crippen molar-refractivity contribution in [2.75, 3.05) is 14.2 Å². The molecule has 3 N–H and O–H groups in total. The second-order valence-corrected chi connectivity index (χ2v) is 4.17. The molecule has 0 saturated carbocycles. The zero-order valence-corrected chi connectivity index (χ0v) is 11.1. The average Bonchev–Trinajstić information content (AvgIpc) is 2.37. The SMILES string of the molecule is COc1cc(C(C)F)c(OC)cc1CC(N)C(=O)O. The summed E-state index contributed by atoms with van der Waals surface area (Å²) in [6.07, 6.45) is -1.14. The third-order valence-corrected chi connectivity index (χ3v) is 2.82. The summed E-state index contributed by atoms with van der Waals surface area (Å²) in [7, 11) is 2.86. The zero-order valence-electron chi connectivity index (χ0n) is 11.1. The van der Waals surface area contributed by atoms with Crippen LogP contribution in [0.15, 0.2) is 12.1 Å². The molecule has 2 atom stereocenters. The number of benzene rings is 1. The van der Waals surface area contributed by atoms with Crippen molar-refractivity contribution in [1.82, 2.24) is 0 Å². The van der Waals surface area contributed by atoms with Crippen molar-refractivity contribution < 1.29 is 23.8 Å². The first kappa shape index (κ1) is 15.2. The Hall–Kier alpha value is -1.82. The van der Waals surface area contributed by atoms with Crippen molar-refractivity contribution in [3.05, 3.63) is 23.3 Å². The quantitative estimate of drug-likeness (QED) is 0.822. The van der Waals surface area contributed by atoms with Gasteiger partial charge in [-0.05, 0) is 24.6 Å². The molecule has 19 heavy (non-hydrogen) atoms. The predicted octanol–water partition coefficient (Wildman–Crippen LogP) is 1.69. The number of nitrogens with two attached hydrogens (primary N) is 1. The molecular formula is C13H18FNO4. The molecule has 0 fully saturated rings. The molecule has 2 unspecified atom stereocenters. The summed E-state index contributed by atoms with van der Waals surface area (Å²) in [5, 5.41) is 8.82. The molecule has 0 aliphatic rings. The van der Waals surface area contributed by atoms with Crippen molar-refractivity contribution >= 4 is 5.97 Å². The summed E-state index contributed by atoms with van der Waals surface area (Å²) in [4.78, 5) is 10.8. The van der Waals surface area contributed by atoms with Crippen LogP contribution >= 0.6 is 0 Å². The van der Waals surface area contributed by atoms with Gasteiger partial charge in [0, 0.05) is 12.0 Å². The number of hydrogen-bond donors (Lipinski definition) is 2. The third-order valence-electron chi connectivity index (χ3n) is 2.82. The molecule has 1 aromatic rings. The summed E-state index contributed by atoms with van der Waals surface area (Å²) < 4.78 is 23.7. The Balaban J connectivity index is 3.20. The molecule has 0 saturated heterocycles. The molecule has 1 rings (SSSR count). The highest BCUT2D eigenvalue weighted by molar-refractivity contribution is 5.73. The van der Waals surface area contributed by atoms with Gasteiger partial charge in [0.25, 0.3) is 0 Å². The first-order valence-electron chi connectivity index (χ1n) is 5.78. The Morgan fingerprint density at radius 2 is 1.95 bits per heavy atom. The summed E-state index contributed by atoms with van der Waals surface area (Å²) in [6.45, 7) is 1.39. The van der Waals surface area contributed by atoms with Crippen molar-refractivity contribution in [1.29, 1.82) is 0 Å². The molecule has 6 heteroatoms. The Morgan fingerprint density at radius 3 is 2.37 bits per heavy atom. The number of rotatable bonds is 6. The van der Waals surface area contributed by atoms with Crippen LogP contribution in [0.1, 0.15) is 24.2 Å². The molecule has 0 aliphatic heterocycles. The molecule has 0 heterocycles. The van der Waals surface area contributed by atoms with E-state index in [9.17, 15) is 9.18 Å². The van der Waals surface area contributed by atoms with Crippen LogP contribution in [0.3, 0.4) is 0 Å². The maximum absolute atomic E-state index is 13.5. The van der Waals surface area contributed by atoms with Gasteiger partial charge in [-0.3, -0.25) is 4.79 Å². The summed E-state index contributed by atoms with van der Waals surface area (Å²) >= 11 is 0. The van der Waals surface area contributed by atoms with Crippen LogP contribution in [-0.2, 0) is 11.2 Å². The molecule has 0 radical (unpaired) electrons. The van der Waals surface area contributed by atoms with E-state index < -0.39 is 18.2 Å². The topological polar surface area (TPSA) is 81.8 Å². The van der Waals surface area contributed by atoms with Gasteiger partial charge in [0.15, 0.2) is 0 Å². The number of carboxylic acid groups (broad SMARTS) is 1. The summed E-state index contributed by atoms with van der Waals surface area (Å²) in [5.74, 6) is -0.357. The highest BCUT2D eigenvalue weighted by Gasteiger charge is 2.19. The van der Waals surface area contributed by atoms with E-state index in [4.69, 9.17) is 20.3 Å². The van der Waals surface area contributed by atoms with Crippen molar-refractivity contribution in [3.8, 4) is 11.5 Å². The number of alkyl halides is 1. The number of ether oxygens (including phenoxy) is 2. The molecule has 0 bridgehead atoms. The lowest BCUT2D eigenvalue weighted by Gasteiger charge is -2.16. The smallest absolute Gasteiger partial charge is 0.320 e. The third kappa shape index (κ3) is 3.57. The standard InChI is InChI=1S/C13H18FNO4/c1-7(14)9-6-11(18-2)8(5-12(9)19-3)4-10(15)13(16)17/h5-7,10H,4,15H2,1-3H3,(H,16,17). The Labute approximate surface area is 111 Å². The fraction of sp³-hybridized carbons (Fsp3) is 0.462. The minimum atomic E-state index is -1.22. The Morgan fingerprint density at radius 1 is 1.37 bits per heavy atom. The van der Waals surface area contributed by atoms with Gasteiger partial charge in [0.05, 0.1) is 14.2 Å². The van der Waals surface area contributed by atoms with E-state index in [2.05, 4.69) is 0 Å². The monoisotopic (exact) mass is 271 g/mol. The van der Waals surface area contributed by atoms with E-state index in [1.807, 2.05) is 0 Å². The van der Waals surface area contributed by atoms with Crippen LogP contribution in [-0.4, -0.2) is 31.3 Å². The maximum Gasteiger partial charge on any atom is 0.320 e. The lowest BCUT2D eigenvalue weighted by atomic mass is 10.0. The van der Waals surface area contributed by atoms with Crippen molar-refractivity contribution in [2.24, 2.45) is 5.73 Å². The molecule has 0 aromatic heterocycles. The van der Waals surface area contributed by atoms with Crippen LogP contribution < -0.4 is 15.2 Å². The van der Waals surface area contributed by atoms with E-state index >= 15 is 0 Å². The fourth-order valence-corrected chi connectivity index (χ4v) is 1.78. The largest absolute Gasteiger partial charge is 0.496 e. The van der Waals surface area contributed by atoms with Crippen LogP contribution in [0, 0.1) is 0 Å². The van der Waals surface area contributed by atoms with Crippen LogP contribution in [0.5, 0.6) is 11.5 Å². The number of halogens is 1. The molecule has 0 spiro atoms. The van der Waals surface area contributed by atoms with E-state index in [1.165, 1.54) is 27.2 Å². The maximum atomic E-state index is 13.5. The highest BCUT2D eigenvalue weighted by Crippen LogP contribution is 2.34. The lowest BCUT2D eigenvalue weighted by molar-refractivity contribution is -0.138. The molecule has 1 aromatic carbocycles. The van der Waals surface area contributed by atoms with Crippen molar-refractivity contribution in [2.45, 2.75) is 25.6 Å².